The van der Waals surface area contributed by atoms with Crippen LogP contribution in [-0.4, -0.2) is 64.7 Å². The second-order valence-electron chi connectivity index (χ2n) is 8.69. The maximum Gasteiger partial charge on any atom is 0.147 e. The van der Waals surface area contributed by atoms with Crippen LogP contribution in [-0.2, 0) is 13.2 Å². The number of aliphatic hydroxyl groups is 1. The Morgan fingerprint density at radius 3 is 2.48 bits per heavy atom. The summed E-state index contributed by atoms with van der Waals surface area (Å²) in [5, 5.41) is 9.95. The highest BCUT2D eigenvalue weighted by atomic mass is 79.9. The van der Waals surface area contributed by atoms with Crippen molar-refractivity contribution in [1.29, 1.82) is 0 Å². The zero-order valence-corrected chi connectivity index (χ0v) is 20.5. The molecule has 1 atom stereocenters. The van der Waals surface area contributed by atoms with Gasteiger partial charge in [-0.1, -0.05) is 46.6 Å². The SMILES string of the molecule is CC[C@H]1CN(c2ncc(CO)cc2Cl)CCN1C1CCN(Cc2ccc(Br)cc2)CC1. The van der Waals surface area contributed by atoms with E-state index in [1.807, 2.05) is 6.07 Å². The number of hydrogen-bond donors (Lipinski definition) is 1. The van der Waals surface area contributed by atoms with Crippen LogP contribution < -0.4 is 4.90 Å². The summed E-state index contributed by atoms with van der Waals surface area (Å²) in [4.78, 5) is 12.2. The molecule has 0 bridgehead atoms. The van der Waals surface area contributed by atoms with Crippen LogP contribution in [0.1, 0.15) is 37.3 Å². The molecule has 1 aromatic heterocycles. The average molecular weight is 508 g/mol. The minimum Gasteiger partial charge on any atom is -0.392 e. The van der Waals surface area contributed by atoms with Gasteiger partial charge in [0.1, 0.15) is 5.82 Å². The van der Waals surface area contributed by atoms with Gasteiger partial charge in [0.05, 0.1) is 11.6 Å². The van der Waals surface area contributed by atoms with Gasteiger partial charge in [0.15, 0.2) is 0 Å². The average Bonchev–Trinajstić information content (AvgIpc) is 2.80. The standard InChI is InChI=1S/C24H32BrClN4O/c1-2-21-16-29(24-23(26)13-19(17-31)14-27-24)11-12-30(21)22-7-9-28(10-8-22)15-18-3-5-20(25)6-4-18/h3-6,13-14,21-22,31H,2,7-12,15-17H2,1H3/t21-/m0/s1. The number of likely N-dealkylation sites (tertiary alicyclic amines) is 1. The smallest absolute Gasteiger partial charge is 0.147 e. The normalized spacial score (nSPS) is 21.5. The molecule has 7 heteroatoms. The van der Waals surface area contributed by atoms with Crippen LogP contribution in [0.2, 0.25) is 5.02 Å². The van der Waals surface area contributed by atoms with E-state index in [-0.39, 0.29) is 6.61 Å². The van der Waals surface area contributed by atoms with Crippen LogP contribution in [0.3, 0.4) is 0 Å². The topological polar surface area (TPSA) is 42.8 Å². The molecule has 5 nitrogen and oxygen atoms in total. The minimum atomic E-state index is -0.0289. The lowest BCUT2D eigenvalue weighted by Crippen LogP contribution is -2.58. The Morgan fingerprint density at radius 2 is 1.84 bits per heavy atom. The van der Waals surface area contributed by atoms with Crippen molar-refractivity contribution >= 4 is 33.3 Å². The molecule has 31 heavy (non-hydrogen) atoms. The van der Waals surface area contributed by atoms with Gasteiger partial charge in [-0.2, -0.15) is 0 Å². The molecule has 0 saturated carbocycles. The Bertz CT molecular complexity index is 857. The van der Waals surface area contributed by atoms with Crippen molar-refractivity contribution < 1.29 is 5.11 Å². The second-order valence-corrected chi connectivity index (χ2v) is 10.0. The van der Waals surface area contributed by atoms with Crippen molar-refractivity contribution in [2.24, 2.45) is 0 Å². The van der Waals surface area contributed by atoms with E-state index in [0.717, 1.165) is 61.5 Å². The molecular formula is C24H32BrClN4O. The van der Waals surface area contributed by atoms with Crippen molar-refractivity contribution in [3.05, 3.63) is 57.2 Å². The Balaban J connectivity index is 1.33. The van der Waals surface area contributed by atoms with Gasteiger partial charge in [-0.15, -0.1) is 0 Å². The van der Waals surface area contributed by atoms with Crippen LogP contribution in [0.25, 0.3) is 0 Å². The largest absolute Gasteiger partial charge is 0.392 e. The van der Waals surface area contributed by atoms with E-state index < -0.39 is 0 Å². The fourth-order valence-corrected chi connectivity index (χ4v) is 5.53. The van der Waals surface area contributed by atoms with Gasteiger partial charge >= 0.3 is 0 Å². The molecule has 1 N–H and O–H groups in total. The lowest BCUT2D eigenvalue weighted by molar-refractivity contribution is 0.0610. The number of pyridine rings is 1. The monoisotopic (exact) mass is 506 g/mol. The molecule has 168 valence electrons. The van der Waals surface area contributed by atoms with E-state index in [2.05, 4.69) is 66.8 Å². The number of aromatic nitrogens is 1. The number of benzene rings is 1. The van der Waals surface area contributed by atoms with Crippen LogP contribution in [0.15, 0.2) is 41.0 Å². The van der Waals surface area contributed by atoms with Crippen molar-refractivity contribution in [2.45, 2.75) is 51.4 Å². The molecule has 0 unspecified atom stereocenters. The predicted octanol–water partition coefficient (Wildman–Crippen LogP) is 4.56. The van der Waals surface area contributed by atoms with E-state index in [4.69, 9.17) is 11.6 Å². The molecule has 2 aliphatic heterocycles. The Labute approximate surface area is 199 Å². The summed E-state index contributed by atoms with van der Waals surface area (Å²) in [6.07, 6.45) is 5.33. The maximum absolute atomic E-state index is 9.31. The van der Waals surface area contributed by atoms with E-state index >= 15 is 0 Å². The number of piperazine rings is 1. The predicted molar refractivity (Wildman–Crippen MR) is 131 cm³/mol. The van der Waals surface area contributed by atoms with Gasteiger partial charge in [0.2, 0.25) is 0 Å². The summed E-state index contributed by atoms with van der Waals surface area (Å²) < 4.78 is 1.14. The van der Waals surface area contributed by atoms with Crippen molar-refractivity contribution in [3.8, 4) is 0 Å². The molecule has 2 aromatic rings. The number of piperidine rings is 1. The van der Waals surface area contributed by atoms with Gasteiger partial charge < -0.3 is 10.0 Å². The summed E-state index contributed by atoms with van der Waals surface area (Å²) in [5.41, 5.74) is 2.15. The quantitative estimate of drug-likeness (QED) is 0.621. The Kier molecular flexibility index (Phi) is 7.88. The first-order valence-electron chi connectivity index (χ1n) is 11.3. The molecular weight excluding hydrogens is 476 g/mol. The third kappa shape index (κ3) is 5.60. The molecule has 2 saturated heterocycles. The van der Waals surface area contributed by atoms with Crippen LogP contribution in [0.5, 0.6) is 0 Å². The fourth-order valence-electron chi connectivity index (χ4n) is 4.95. The van der Waals surface area contributed by atoms with Crippen molar-refractivity contribution in [3.63, 3.8) is 0 Å². The number of hydrogen-bond acceptors (Lipinski definition) is 5. The van der Waals surface area contributed by atoms with Crippen molar-refractivity contribution in [1.82, 2.24) is 14.8 Å². The first-order valence-corrected chi connectivity index (χ1v) is 12.5. The van der Waals surface area contributed by atoms with E-state index in [9.17, 15) is 5.11 Å². The third-order valence-corrected chi connectivity index (χ3v) is 7.51. The molecule has 2 fully saturated rings. The first-order chi connectivity index (χ1) is 15.1. The second kappa shape index (κ2) is 10.6. The highest BCUT2D eigenvalue weighted by Crippen LogP contribution is 2.29. The molecule has 0 radical (unpaired) electrons. The molecule has 1 aromatic carbocycles. The number of halogens is 2. The number of rotatable bonds is 6. The molecule has 3 heterocycles. The number of aliphatic hydroxyl groups excluding tert-OH is 1. The number of anilines is 1. The van der Waals surface area contributed by atoms with Crippen LogP contribution >= 0.6 is 27.5 Å². The van der Waals surface area contributed by atoms with E-state index in [1.54, 1.807) is 6.20 Å². The number of nitrogens with zero attached hydrogens (tertiary/aromatic N) is 4. The summed E-state index contributed by atoms with van der Waals surface area (Å²) in [6, 6.07) is 11.7. The Hall–Kier alpha value is -1.18. The lowest BCUT2D eigenvalue weighted by atomic mass is 9.98. The summed E-state index contributed by atoms with van der Waals surface area (Å²) in [7, 11) is 0. The highest BCUT2D eigenvalue weighted by Gasteiger charge is 2.33. The van der Waals surface area contributed by atoms with Gasteiger partial charge in [-0.3, -0.25) is 9.80 Å². The summed E-state index contributed by atoms with van der Waals surface area (Å²) >= 11 is 9.99. The Morgan fingerprint density at radius 1 is 1.10 bits per heavy atom. The maximum atomic E-state index is 9.31. The van der Waals surface area contributed by atoms with Crippen LogP contribution in [0.4, 0.5) is 5.82 Å². The van der Waals surface area contributed by atoms with Gasteiger partial charge in [-0.25, -0.2) is 4.98 Å². The molecule has 0 amide bonds. The molecule has 4 rings (SSSR count). The zero-order chi connectivity index (χ0) is 21.8. The van der Waals surface area contributed by atoms with Gasteiger partial charge in [-0.05, 0) is 61.7 Å². The molecule has 2 aliphatic rings. The van der Waals surface area contributed by atoms with Crippen LogP contribution in [0, 0.1) is 0 Å². The minimum absolute atomic E-state index is 0.0289. The van der Waals surface area contributed by atoms with Gasteiger partial charge in [0.25, 0.3) is 0 Å². The first kappa shape index (κ1) is 23.0. The van der Waals surface area contributed by atoms with Crippen molar-refractivity contribution in [2.75, 3.05) is 37.6 Å². The van der Waals surface area contributed by atoms with E-state index in [0.29, 0.717) is 17.1 Å². The third-order valence-electron chi connectivity index (χ3n) is 6.71. The van der Waals surface area contributed by atoms with Gasteiger partial charge in [0, 0.05) is 48.9 Å². The summed E-state index contributed by atoms with van der Waals surface area (Å²) in [6.45, 7) is 8.57. The summed E-state index contributed by atoms with van der Waals surface area (Å²) in [5.74, 6) is 0.848. The molecule has 0 aliphatic carbocycles. The molecule has 0 spiro atoms. The zero-order valence-electron chi connectivity index (χ0n) is 18.2. The fraction of sp³-hybridized carbons (Fsp3) is 0.542. The highest BCUT2D eigenvalue weighted by molar-refractivity contribution is 9.10. The van der Waals surface area contributed by atoms with E-state index in [1.165, 1.54) is 18.4 Å². The lowest BCUT2D eigenvalue weighted by Gasteiger charge is -2.47.